The van der Waals surface area contributed by atoms with Gasteiger partial charge in [-0.05, 0) is 73.1 Å². The van der Waals surface area contributed by atoms with Gasteiger partial charge in [0.15, 0.2) is 0 Å². The molecular weight excluding hydrogens is 514 g/mol. The molecule has 4 aliphatic rings. The third-order valence-electron chi connectivity index (χ3n) is 7.97. The van der Waals surface area contributed by atoms with Gasteiger partial charge in [-0.15, -0.1) is 0 Å². The van der Waals surface area contributed by atoms with Crippen LogP contribution in [0.15, 0.2) is 30.3 Å². The van der Waals surface area contributed by atoms with Gasteiger partial charge in [-0.25, -0.2) is 18.4 Å². The number of fused-ring (bicyclic) bond motifs is 3. The van der Waals surface area contributed by atoms with Crippen LogP contribution in [0.4, 0.5) is 24.1 Å². The molecule has 2 aliphatic heterocycles. The van der Waals surface area contributed by atoms with E-state index in [0.717, 1.165) is 30.9 Å². The first-order valence-electron chi connectivity index (χ1n) is 12.7. The first-order chi connectivity index (χ1) is 18.7. The highest BCUT2D eigenvalue weighted by atomic mass is 19.1. The lowest BCUT2D eigenvalue weighted by atomic mass is 9.91. The van der Waals surface area contributed by atoms with E-state index in [9.17, 15) is 28.0 Å². The quantitative estimate of drug-likeness (QED) is 0.576. The molecular formula is C27H26F2N4O6. The Labute approximate surface area is 222 Å². The van der Waals surface area contributed by atoms with Crippen LogP contribution in [0.2, 0.25) is 0 Å². The predicted molar refractivity (Wildman–Crippen MR) is 132 cm³/mol. The van der Waals surface area contributed by atoms with Gasteiger partial charge in [0.2, 0.25) is 5.91 Å². The number of aryl methyl sites for hydroxylation is 1. The molecule has 2 N–H and O–H groups in total. The standard InChI is InChI=1S/C27H26F2N4O6/c1-38-26(37)30-20-9-15-6-7-27(18(15)10-19(20)29)24(35)33(25(36)31-27)12-23(34)32-11-16-8-17(28)4-5-22(16)39-13-21(32)14-2-3-14/h4-5,8-10,14,21H,2-3,6-7,11-13H2,1H3,(H,30,37)(H,31,36). The molecule has 2 aliphatic carbocycles. The number of urea groups is 1. The van der Waals surface area contributed by atoms with Crippen molar-refractivity contribution in [2.75, 3.05) is 25.6 Å². The average molecular weight is 541 g/mol. The zero-order chi connectivity index (χ0) is 27.5. The molecule has 2 fully saturated rings. The maximum Gasteiger partial charge on any atom is 0.411 e. The van der Waals surface area contributed by atoms with Gasteiger partial charge in [0.05, 0.1) is 18.8 Å². The molecule has 2 aromatic carbocycles. The van der Waals surface area contributed by atoms with Gasteiger partial charge in [0.1, 0.15) is 36.1 Å². The molecule has 0 aromatic heterocycles. The summed E-state index contributed by atoms with van der Waals surface area (Å²) in [6.45, 7) is -0.195. The number of ether oxygens (including phenoxy) is 2. The van der Waals surface area contributed by atoms with E-state index in [1.54, 1.807) is 4.90 Å². The van der Waals surface area contributed by atoms with Crippen LogP contribution < -0.4 is 15.4 Å². The number of carbonyl (C=O) groups excluding carboxylic acids is 4. The highest BCUT2D eigenvalue weighted by Gasteiger charge is 2.56. The van der Waals surface area contributed by atoms with E-state index in [2.05, 4.69) is 15.4 Å². The van der Waals surface area contributed by atoms with Crippen LogP contribution in [0.3, 0.4) is 0 Å². The Morgan fingerprint density at radius 3 is 2.72 bits per heavy atom. The number of methoxy groups -OCH3 is 1. The van der Waals surface area contributed by atoms with Crippen molar-refractivity contribution < 1.29 is 37.4 Å². The number of carbonyl (C=O) groups is 4. The number of rotatable bonds is 4. The second-order valence-electron chi connectivity index (χ2n) is 10.3. The highest BCUT2D eigenvalue weighted by molar-refractivity contribution is 6.10. The second kappa shape index (κ2) is 9.21. The number of amides is 5. The Morgan fingerprint density at radius 1 is 1.18 bits per heavy atom. The molecule has 1 saturated carbocycles. The molecule has 2 unspecified atom stereocenters. The molecule has 0 radical (unpaired) electrons. The topological polar surface area (TPSA) is 117 Å². The van der Waals surface area contributed by atoms with E-state index in [1.165, 1.54) is 24.3 Å². The maximum absolute atomic E-state index is 14.9. The van der Waals surface area contributed by atoms with Gasteiger partial charge in [0.25, 0.3) is 5.91 Å². The summed E-state index contributed by atoms with van der Waals surface area (Å²) in [4.78, 5) is 54.3. The molecule has 204 valence electrons. The molecule has 2 aromatic rings. The SMILES string of the molecule is COC(=O)Nc1cc2c(cc1F)C1(CC2)NC(=O)N(CC(=O)N2Cc3cc(F)ccc3OCC2C2CC2)C1=O. The van der Waals surface area contributed by atoms with Gasteiger partial charge < -0.3 is 19.7 Å². The maximum atomic E-state index is 14.9. The summed E-state index contributed by atoms with van der Waals surface area (Å²) >= 11 is 0. The average Bonchev–Trinajstić information content (AvgIpc) is 3.68. The summed E-state index contributed by atoms with van der Waals surface area (Å²) in [6.07, 6.45) is 1.52. The Morgan fingerprint density at radius 2 is 1.97 bits per heavy atom. The summed E-state index contributed by atoms with van der Waals surface area (Å²) in [7, 11) is 1.15. The van der Waals surface area contributed by atoms with Crippen molar-refractivity contribution in [2.24, 2.45) is 5.92 Å². The lowest BCUT2D eigenvalue weighted by Gasteiger charge is -2.30. The van der Waals surface area contributed by atoms with Crippen LogP contribution in [0.1, 0.15) is 36.0 Å². The Balaban J connectivity index is 1.25. The molecule has 10 nitrogen and oxygen atoms in total. The summed E-state index contributed by atoms with van der Waals surface area (Å²) in [6, 6.07) is 5.66. The van der Waals surface area contributed by atoms with E-state index >= 15 is 0 Å². The summed E-state index contributed by atoms with van der Waals surface area (Å²) < 4.78 is 39.2. The van der Waals surface area contributed by atoms with Crippen LogP contribution in [0.25, 0.3) is 0 Å². The van der Waals surface area contributed by atoms with E-state index in [1.807, 2.05) is 0 Å². The Hall–Kier alpha value is -4.22. The fraction of sp³-hybridized carbons (Fsp3) is 0.407. The van der Waals surface area contributed by atoms with Crippen molar-refractivity contribution in [1.82, 2.24) is 15.1 Å². The minimum Gasteiger partial charge on any atom is -0.491 e. The zero-order valence-corrected chi connectivity index (χ0v) is 21.1. The summed E-state index contributed by atoms with van der Waals surface area (Å²) in [5.74, 6) is -1.64. The summed E-state index contributed by atoms with van der Waals surface area (Å²) in [5, 5.41) is 4.98. The third kappa shape index (κ3) is 4.23. The number of hydrogen-bond donors (Lipinski definition) is 2. The Kier molecular flexibility index (Phi) is 5.92. The fourth-order valence-corrected chi connectivity index (χ4v) is 5.81. The fourth-order valence-electron chi connectivity index (χ4n) is 5.81. The third-order valence-corrected chi connectivity index (χ3v) is 7.97. The lowest BCUT2D eigenvalue weighted by Crippen LogP contribution is -2.49. The predicted octanol–water partition coefficient (Wildman–Crippen LogP) is 3.04. The number of nitrogens with zero attached hydrogens (tertiary/aromatic N) is 2. The van der Waals surface area contributed by atoms with Crippen molar-refractivity contribution in [1.29, 1.82) is 0 Å². The zero-order valence-electron chi connectivity index (χ0n) is 21.1. The largest absolute Gasteiger partial charge is 0.491 e. The molecule has 12 heteroatoms. The molecule has 2 heterocycles. The van der Waals surface area contributed by atoms with Crippen LogP contribution >= 0.6 is 0 Å². The second-order valence-corrected chi connectivity index (χ2v) is 10.3. The number of nitrogens with one attached hydrogen (secondary N) is 2. The van der Waals surface area contributed by atoms with Crippen LogP contribution in [-0.2, 0) is 32.8 Å². The van der Waals surface area contributed by atoms with Crippen LogP contribution in [0, 0.1) is 17.6 Å². The van der Waals surface area contributed by atoms with E-state index < -0.39 is 47.7 Å². The molecule has 2 atom stereocenters. The van der Waals surface area contributed by atoms with E-state index in [0.29, 0.717) is 23.3 Å². The first-order valence-corrected chi connectivity index (χ1v) is 12.7. The van der Waals surface area contributed by atoms with Crippen molar-refractivity contribution in [3.05, 3.63) is 58.7 Å². The van der Waals surface area contributed by atoms with Gasteiger partial charge in [-0.1, -0.05) is 0 Å². The minimum atomic E-state index is -1.51. The Bertz CT molecular complexity index is 1410. The van der Waals surface area contributed by atoms with E-state index in [-0.39, 0.29) is 42.8 Å². The molecule has 1 saturated heterocycles. The molecule has 39 heavy (non-hydrogen) atoms. The van der Waals surface area contributed by atoms with Crippen molar-refractivity contribution >= 4 is 29.6 Å². The molecule has 0 bridgehead atoms. The lowest BCUT2D eigenvalue weighted by molar-refractivity contribution is -0.141. The van der Waals surface area contributed by atoms with Gasteiger partial charge >= 0.3 is 12.1 Å². The minimum absolute atomic E-state index is 0.0892. The van der Waals surface area contributed by atoms with Crippen LogP contribution in [0.5, 0.6) is 5.75 Å². The summed E-state index contributed by atoms with van der Waals surface area (Å²) in [5.41, 5.74) is -0.233. The number of hydrogen-bond acceptors (Lipinski definition) is 6. The number of imide groups is 1. The van der Waals surface area contributed by atoms with E-state index in [4.69, 9.17) is 4.74 Å². The van der Waals surface area contributed by atoms with Gasteiger partial charge in [0, 0.05) is 12.1 Å². The monoisotopic (exact) mass is 540 g/mol. The smallest absolute Gasteiger partial charge is 0.411 e. The highest BCUT2D eigenvalue weighted by Crippen LogP contribution is 2.44. The van der Waals surface area contributed by atoms with Gasteiger partial charge in [-0.3, -0.25) is 19.8 Å². The normalized spacial score (nSPS) is 23.6. The molecule has 1 spiro atoms. The van der Waals surface area contributed by atoms with Gasteiger partial charge in [-0.2, -0.15) is 0 Å². The molecule has 6 rings (SSSR count). The number of halogens is 2. The molecule has 5 amide bonds. The number of benzene rings is 2. The van der Waals surface area contributed by atoms with Crippen molar-refractivity contribution in [3.8, 4) is 5.75 Å². The van der Waals surface area contributed by atoms with Crippen LogP contribution in [-0.4, -0.2) is 60.0 Å². The van der Waals surface area contributed by atoms with Crippen molar-refractivity contribution in [3.63, 3.8) is 0 Å². The number of anilines is 1. The van der Waals surface area contributed by atoms with Crippen molar-refractivity contribution in [2.45, 2.75) is 43.8 Å². The first kappa shape index (κ1) is 25.1.